The van der Waals surface area contributed by atoms with E-state index in [1.807, 2.05) is 30.3 Å². The van der Waals surface area contributed by atoms with E-state index in [9.17, 15) is 18.0 Å². The van der Waals surface area contributed by atoms with E-state index in [1.54, 1.807) is 12.1 Å². The number of carbonyl (C=O) groups is 1. The molecule has 0 bridgehead atoms. The van der Waals surface area contributed by atoms with Crippen molar-refractivity contribution in [2.45, 2.75) is 12.6 Å². The smallest absolute Gasteiger partial charge is 0.420 e. The third-order valence-electron chi connectivity index (χ3n) is 2.62. The van der Waals surface area contributed by atoms with Gasteiger partial charge in [-0.25, -0.2) is 4.79 Å². The predicted octanol–water partition coefficient (Wildman–Crippen LogP) is 3.75. The van der Waals surface area contributed by atoms with E-state index >= 15 is 0 Å². The first kappa shape index (κ1) is 14.1. The topological polar surface area (TPSA) is 26.3 Å². The third-order valence-corrected chi connectivity index (χ3v) is 2.62. The van der Waals surface area contributed by atoms with Crippen LogP contribution in [0.1, 0.15) is 11.1 Å². The first-order chi connectivity index (χ1) is 9.45. The normalized spacial score (nSPS) is 11.2. The van der Waals surface area contributed by atoms with E-state index in [2.05, 4.69) is 4.74 Å². The van der Waals surface area contributed by atoms with Crippen LogP contribution in [0.2, 0.25) is 0 Å². The van der Waals surface area contributed by atoms with Crippen molar-refractivity contribution in [1.82, 2.24) is 0 Å². The number of esters is 1. The van der Waals surface area contributed by atoms with Crippen molar-refractivity contribution in [3.05, 3.63) is 65.7 Å². The summed E-state index contributed by atoms with van der Waals surface area (Å²) >= 11 is 0. The zero-order valence-electron chi connectivity index (χ0n) is 10.4. The summed E-state index contributed by atoms with van der Waals surface area (Å²) < 4.78 is 40.3. The number of hydrogen-bond donors (Lipinski definition) is 0. The van der Waals surface area contributed by atoms with E-state index < -0.39 is 12.1 Å². The molecule has 0 amide bonds. The Bertz CT molecular complexity index is 574. The molecule has 2 aromatic carbocycles. The minimum absolute atomic E-state index is 0.121. The fourth-order valence-corrected chi connectivity index (χ4v) is 1.67. The van der Waals surface area contributed by atoms with E-state index in [0.29, 0.717) is 6.42 Å². The lowest BCUT2D eigenvalue weighted by Gasteiger charge is -2.07. The molecule has 0 unspecified atom stereocenters. The second-order valence-corrected chi connectivity index (χ2v) is 4.19. The molecule has 2 aromatic rings. The Hall–Kier alpha value is -2.30. The molecule has 0 aliphatic heterocycles. The van der Waals surface area contributed by atoms with Crippen LogP contribution in [0.15, 0.2) is 54.6 Å². The summed E-state index contributed by atoms with van der Waals surface area (Å²) in [6.45, 7) is 0. The Labute approximate surface area is 113 Å². The van der Waals surface area contributed by atoms with Crippen LogP contribution in [-0.4, -0.2) is 12.1 Å². The zero-order valence-corrected chi connectivity index (χ0v) is 10.4. The summed E-state index contributed by atoms with van der Waals surface area (Å²) in [6.07, 6.45) is -4.32. The highest BCUT2D eigenvalue weighted by Gasteiger charge is 2.41. The Morgan fingerprint density at radius 2 is 1.45 bits per heavy atom. The molecule has 2 nitrogen and oxygen atoms in total. The molecule has 0 spiro atoms. The summed E-state index contributed by atoms with van der Waals surface area (Å²) in [4.78, 5) is 10.7. The molecule has 2 rings (SSSR count). The van der Waals surface area contributed by atoms with Gasteiger partial charge in [-0.15, -0.1) is 0 Å². The molecule has 5 heteroatoms. The lowest BCUT2D eigenvalue weighted by Crippen LogP contribution is -2.27. The fraction of sp³-hybridized carbons (Fsp3) is 0.133. The third kappa shape index (κ3) is 3.85. The predicted molar refractivity (Wildman–Crippen MR) is 67.4 cm³/mol. The Morgan fingerprint density at radius 1 is 0.900 bits per heavy atom. The second kappa shape index (κ2) is 5.77. The number of ether oxygens (including phenoxy) is 1. The molecule has 0 aromatic heterocycles. The number of carbonyl (C=O) groups excluding carboxylic acids is 1. The lowest BCUT2D eigenvalue weighted by atomic mass is 10.1. The molecule has 0 aliphatic rings. The van der Waals surface area contributed by atoms with Crippen molar-refractivity contribution in [1.29, 1.82) is 0 Å². The van der Waals surface area contributed by atoms with Gasteiger partial charge in [0.25, 0.3) is 0 Å². The first-order valence-electron chi connectivity index (χ1n) is 5.87. The monoisotopic (exact) mass is 280 g/mol. The zero-order chi connectivity index (χ0) is 14.6. The van der Waals surface area contributed by atoms with Crippen molar-refractivity contribution in [2.75, 3.05) is 0 Å². The van der Waals surface area contributed by atoms with Gasteiger partial charge in [0.2, 0.25) is 0 Å². The van der Waals surface area contributed by atoms with Crippen LogP contribution in [0.4, 0.5) is 13.2 Å². The van der Waals surface area contributed by atoms with Crippen LogP contribution >= 0.6 is 0 Å². The van der Waals surface area contributed by atoms with Crippen LogP contribution in [0.25, 0.3) is 0 Å². The highest BCUT2D eigenvalue weighted by Crippen LogP contribution is 2.21. The van der Waals surface area contributed by atoms with Gasteiger partial charge in [0, 0.05) is 0 Å². The summed E-state index contributed by atoms with van der Waals surface area (Å²) in [5.41, 5.74) is 2.01. The summed E-state index contributed by atoms with van der Waals surface area (Å²) in [6, 6.07) is 15.6. The Kier molecular flexibility index (Phi) is 4.08. The molecule has 0 heterocycles. The number of alkyl halides is 3. The molecule has 0 aliphatic carbocycles. The van der Waals surface area contributed by atoms with Crippen LogP contribution in [-0.2, 0) is 11.2 Å². The number of hydrogen-bond acceptors (Lipinski definition) is 2. The minimum Gasteiger partial charge on any atom is -0.420 e. The van der Waals surface area contributed by atoms with E-state index in [1.165, 1.54) is 12.1 Å². The Balaban J connectivity index is 2.02. The van der Waals surface area contributed by atoms with Gasteiger partial charge in [-0.2, -0.15) is 13.2 Å². The number of rotatable bonds is 3. The number of benzene rings is 2. The Morgan fingerprint density at radius 3 is 2.00 bits per heavy atom. The van der Waals surface area contributed by atoms with Crippen LogP contribution in [0.3, 0.4) is 0 Å². The summed E-state index contributed by atoms with van der Waals surface area (Å²) in [7, 11) is 0. The van der Waals surface area contributed by atoms with Gasteiger partial charge in [-0.3, -0.25) is 0 Å². The maximum atomic E-state index is 12.0. The highest BCUT2D eigenvalue weighted by molar-refractivity contribution is 5.78. The maximum Gasteiger partial charge on any atom is 0.491 e. The van der Waals surface area contributed by atoms with Gasteiger partial charge >= 0.3 is 12.1 Å². The standard InChI is InChI=1S/C15H11F3O2/c16-15(17,18)14(19)20-13-8-6-12(7-9-13)10-11-4-2-1-3-5-11/h1-9H,10H2. The number of halogens is 3. The van der Waals surface area contributed by atoms with Gasteiger partial charge in [0.1, 0.15) is 5.75 Å². The molecular formula is C15H11F3O2. The molecule has 0 saturated carbocycles. The molecular weight excluding hydrogens is 269 g/mol. The van der Waals surface area contributed by atoms with E-state index in [-0.39, 0.29) is 5.75 Å². The lowest BCUT2D eigenvalue weighted by molar-refractivity contribution is -0.189. The quantitative estimate of drug-likeness (QED) is 0.632. The molecule has 0 fully saturated rings. The van der Waals surface area contributed by atoms with Gasteiger partial charge in [-0.05, 0) is 29.7 Å². The average molecular weight is 280 g/mol. The largest absolute Gasteiger partial charge is 0.491 e. The molecule has 0 N–H and O–H groups in total. The summed E-state index contributed by atoms with van der Waals surface area (Å²) in [5.74, 6) is -2.34. The molecule has 0 saturated heterocycles. The van der Waals surface area contributed by atoms with Crippen molar-refractivity contribution in [2.24, 2.45) is 0 Å². The molecule has 0 radical (unpaired) electrons. The van der Waals surface area contributed by atoms with Gasteiger partial charge in [-0.1, -0.05) is 42.5 Å². The highest BCUT2D eigenvalue weighted by atomic mass is 19.4. The van der Waals surface area contributed by atoms with Crippen molar-refractivity contribution >= 4 is 5.97 Å². The SMILES string of the molecule is O=C(Oc1ccc(Cc2ccccc2)cc1)C(F)(F)F. The van der Waals surface area contributed by atoms with Crippen LogP contribution in [0, 0.1) is 0 Å². The van der Waals surface area contributed by atoms with Crippen LogP contribution < -0.4 is 4.74 Å². The van der Waals surface area contributed by atoms with Gasteiger partial charge in [0.05, 0.1) is 0 Å². The minimum atomic E-state index is -4.98. The van der Waals surface area contributed by atoms with Crippen LogP contribution in [0.5, 0.6) is 5.75 Å². The van der Waals surface area contributed by atoms with Gasteiger partial charge in [0.15, 0.2) is 0 Å². The summed E-state index contributed by atoms with van der Waals surface area (Å²) in [5, 5.41) is 0. The first-order valence-corrected chi connectivity index (χ1v) is 5.87. The van der Waals surface area contributed by atoms with E-state index in [4.69, 9.17) is 0 Å². The molecule has 104 valence electrons. The van der Waals surface area contributed by atoms with Crippen molar-refractivity contribution < 1.29 is 22.7 Å². The van der Waals surface area contributed by atoms with Crippen molar-refractivity contribution in [3.63, 3.8) is 0 Å². The second-order valence-electron chi connectivity index (χ2n) is 4.19. The van der Waals surface area contributed by atoms with E-state index in [0.717, 1.165) is 11.1 Å². The average Bonchev–Trinajstić information content (AvgIpc) is 2.41. The fourth-order valence-electron chi connectivity index (χ4n) is 1.67. The van der Waals surface area contributed by atoms with Crippen molar-refractivity contribution in [3.8, 4) is 5.75 Å². The van der Waals surface area contributed by atoms with Gasteiger partial charge < -0.3 is 4.74 Å². The molecule has 20 heavy (non-hydrogen) atoms. The molecule has 0 atom stereocenters. The maximum absolute atomic E-state index is 12.0.